The summed E-state index contributed by atoms with van der Waals surface area (Å²) in [6.07, 6.45) is 5.42. The molecule has 2 aromatic carbocycles. The number of aromatic nitrogens is 3. The van der Waals surface area contributed by atoms with Gasteiger partial charge in [-0.2, -0.15) is 0 Å². The van der Waals surface area contributed by atoms with E-state index in [4.69, 9.17) is 0 Å². The van der Waals surface area contributed by atoms with Gasteiger partial charge in [-0.1, -0.05) is 35.5 Å². The first-order valence-corrected chi connectivity index (χ1v) is 8.87. The summed E-state index contributed by atoms with van der Waals surface area (Å²) in [5.74, 6) is 0.544. The summed E-state index contributed by atoms with van der Waals surface area (Å²) in [6, 6.07) is 18.1. The maximum atomic E-state index is 12.5. The van der Waals surface area contributed by atoms with Crippen LogP contribution in [0.4, 0.5) is 10.5 Å². The SMILES string of the molecule is O=C(Nc1ccc(-n2ccnn2)cc1)N1CCC(c2ccccc2)CC1. The number of carbonyl (C=O) groups is 1. The van der Waals surface area contributed by atoms with Crippen molar-refractivity contribution in [1.82, 2.24) is 19.9 Å². The lowest BCUT2D eigenvalue weighted by Gasteiger charge is -2.32. The highest BCUT2D eigenvalue weighted by molar-refractivity contribution is 5.89. The van der Waals surface area contributed by atoms with Gasteiger partial charge in [-0.15, -0.1) is 5.10 Å². The first-order valence-electron chi connectivity index (χ1n) is 8.87. The zero-order chi connectivity index (χ0) is 17.8. The van der Waals surface area contributed by atoms with Crippen LogP contribution in [0, 0.1) is 0 Å². The van der Waals surface area contributed by atoms with E-state index in [1.807, 2.05) is 35.2 Å². The highest BCUT2D eigenvalue weighted by atomic mass is 16.2. The van der Waals surface area contributed by atoms with Crippen LogP contribution in [0.3, 0.4) is 0 Å². The molecule has 132 valence electrons. The van der Waals surface area contributed by atoms with Crippen molar-refractivity contribution in [2.75, 3.05) is 18.4 Å². The van der Waals surface area contributed by atoms with Crippen molar-refractivity contribution in [3.63, 3.8) is 0 Å². The van der Waals surface area contributed by atoms with E-state index in [-0.39, 0.29) is 6.03 Å². The Labute approximate surface area is 152 Å². The van der Waals surface area contributed by atoms with Crippen LogP contribution in [0.25, 0.3) is 5.69 Å². The summed E-state index contributed by atoms with van der Waals surface area (Å²) in [7, 11) is 0. The predicted molar refractivity (Wildman–Crippen MR) is 100 cm³/mol. The molecule has 2 amide bonds. The van der Waals surface area contributed by atoms with Gasteiger partial charge in [0.1, 0.15) is 0 Å². The molecule has 1 aliphatic rings. The van der Waals surface area contributed by atoms with E-state index < -0.39 is 0 Å². The zero-order valence-electron chi connectivity index (χ0n) is 14.5. The van der Waals surface area contributed by atoms with E-state index in [0.29, 0.717) is 5.92 Å². The molecule has 0 radical (unpaired) electrons. The van der Waals surface area contributed by atoms with Gasteiger partial charge in [-0.25, -0.2) is 9.48 Å². The van der Waals surface area contributed by atoms with Gasteiger partial charge in [-0.3, -0.25) is 0 Å². The van der Waals surface area contributed by atoms with Crippen LogP contribution in [0.1, 0.15) is 24.3 Å². The second-order valence-corrected chi connectivity index (χ2v) is 6.50. The number of nitrogens with one attached hydrogen (secondary N) is 1. The zero-order valence-corrected chi connectivity index (χ0v) is 14.5. The van der Waals surface area contributed by atoms with E-state index in [9.17, 15) is 4.79 Å². The first kappa shape index (κ1) is 16.3. The number of nitrogens with zero attached hydrogens (tertiary/aromatic N) is 4. The van der Waals surface area contributed by atoms with E-state index in [2.05, 4.69) is 39.9 Å². The third-order valence-corrected chi connectivity index (χ3v) is 4.86. The average Bonchev–Trinajstić information content (AvgIpc) is 3.24. The minimum Gasteiger partial charge on any atom is -0.324 e. The monoisotopic (exact) mass is 347 g/mol. The summed E-state index contributed by atoms with van der Waals surface area (Å²) < 4.78 is 1.68. The molecule has 0 spiro atoms. The molecule has 0 bridgehead atoms. The first-order chi connectivity index (χ1) is 12.8. The number of likely N-dealkylation sites (tertiary alicyclic amines) is 1. The van der Waals surface area contributed by atoms with Crippen molar-refractivity contribution in [2.24, 2.45) is 0 Å². The van der Waals surface area contributed by atoms with Crippen LogP contribution in [0.2, 0.25) is 0 Å². The molecule has 1 aliphatic heterocycles. The molecule has 1 saturated heterocycles. The molecular formula is C20H21N5O. The topological polar surface area (TPSA) is 63.1 Å². The maximum Gasteiger partial charge on any atom is 0.321 e. The van der Waals surface area contributed by atoms with E-state index in [0.717, 1.165) is 37.3 Å². The summed E-state index contributed by atoms with van der Waals surface area (Å²) in [5.41, 5.74) is 3.06. The Morgan fingerprint density at radius 1 is 1.00 bits per heavy atom. The van der Waals surface area contributed by atoms with Crippen LogP contribution < -0.4 is 5.32 Å². The van der Waals surface area contributed by atoms with Crippen LogP contribution in [0.5, 0.6) is 0 Å². The fourth-order valence-corrected chi connectivity index (χ4v) is 3.39. The average molecular weight is 347 g/mol. The van der Waals surface area contributed by atoms with Gasteiger partial charge in [0, 0.05) is 18.8 Å². The Kier molecular flexibility index (Phi) is 4.64. The fourth-order valence-electron chi connectivity index (χ4n) is 3.39. The molecule has 2 heterocycles. The normalized spacial score (nSPS) is 15.0. The van der Waals surface area contributed by atoms with Crippen molar-refractivity contribution < 1.29 is 4.79 Å². The van der Waals surface area contributed by atoms with E-state index >= 15 is 0 Å². The summed E-state index contributed by atoms with van der Waals surface area (Å²) >= 11 is 0. The minimum absolute atomic E-state index is 0.0370. The van der Waals surface area contributed by atoms with E-state index in [1.54, 1.807) is 17.1 Å². The van der Waals surface area contributed by atoms with Crippen LogP contribution >= 0.6 is 0 Å². The molecule has 1 fully saturated rings. The van der Waals surface area contributed by atoms with Crippen LogP contribution in [0.15, 0.2) is 67.0 Å². The van der Waals surface area contributed by atoms with Gasteiger partial charge in [0.05, 0.1) is 18.1 Å². The molecule has 1 aromatic heterocycles. The number of benzene rings is 2. The predicted octanol–water partition coefficient (Wildman–Crippen LogP) is 3.68. The van der Waals surface area contributed by atoms with E-state index in [1.165, 1.54) is 5.56 Å². The second-order valence-electron chi connectivity index (χ2n) is 6.50. The molecule has 1 N–H and O–H groups in total. The summed E-state index contributed by atoms with van der Waals surface area (Å²) in [5, 5.41) is 10.7. The number of amides is 2. The summed E-state index contributed by atoms with van der Waals surface area (Å²) in [4.78, 5) is 14.4. The Bertz CT molecular complexity index is 838. The standard InChI is InChI=1S/C20H21N5O/c26-20(22-18-6-8-19(9-7-18)25-15-12-21-23-25)24-13-10-17(11-14-24)16-4-2-1-3-5-16/h1-9,12,15,17H,10-11,13-14H2,(H,22,26). The molecule has 3 aromatic rings. The number of urea groups is 1. The largest absolute Gasteiger partial charge is 0.324 e. The Hall–Kier alpha value is -3.15. The van der Waals surface area contributed by atoms with Gasteiger partial charge in [0.15, 0.2) is 0 Å². The number of piperidine rings is 1. The Morgan fingerprint density at radius 2 is 1.73 bits per heavy atom. The van der Waals surface area contributed by atoms with Crippen molar-refractivity contribution >= 4 is 11.7 Å². The minimum atomic E-state index is -0.0370. The molecule has 4 rings (SSSR count). The molecule has 6 nitrogen and oxygen atoms in total. The Morgan fingerprint density at radius 3 is 2.38 bits per heavy atom. The molecule has 6 heteroatoms. The third-order valence-electron chi connectivity index (χ3n) is 4.86. The smallest absolute Gasteiger partial charge is 0.321 e. The number of hydrogen-bond donors (Lipinski definition) is 1. The molecule has 0 unspecified atom stereocenters. The lowest BCUT2D eigenvalue weighted by molar-refractivity contribution is 0.194. The van der Waals surface area contributed by atoms with Crippen molar-refractivity contribution in [3.05, 3.63) is 72.6 Å². The number of hydrogen-bond acceptors (Lipinski definition) is 3. The van der Waals surface area contributed by atoms with Gasteiger partial charge in [-0.05, 0) is 48.6 Å². The van der Waals surface area contributed by atoms with Crippen LogP contribution in [-0.2, 0) is 0 Å². The third kappa shape index (κ3) is 3.59. The molecule has 0 aliphatic carbocycles. The molecule has 0 saturated carbocycles. The van der Waals surface area contributed by atoms with Gasteiger partial charge in [0.25, 0.3) is 0 Å². The quantitative estimate of drug-likeness (QED) is 0.786. The lowest BCUT2D eigenvalue weighted by Crippen LogP contribution is -2.40. The Balaban J connectivity index is 1.33. The summed E-state index contributed by atoms with van der Waals surface area (Å²) in [6.45, 7) is 1.56. The molecule has 26 heavy (non-hydrogen) atoms. The van der Waals surface area contributed by atoms with Gasteiger partial charge in [0.2, 0.25) is 0 Å². The van der Waals surface area contributed by atoms with Crippen molar-refractivity contribution in [2.45, 2.75) is 18.8 Å². The fraction of sp³-hybridized carbons (Fsp3) is 0.250. The van der Waals surface area contributed by atoms with Crippen LogP contribution in [-0.4, -0.2) is 39.0 Å². The molecule has 0 atom stereocenters. The number of anilines is 1. The molecular weight excluding hydrogens is 326 g/mol. The highest BCUT2D eigenvalue weighted by Gasteiger charge is 2.23. The van der Waals surface area contributed by atoms with Crippen molar-refractivity contribution in [3.8, 4) is 5.69 Å². The second kappa shape index (κ2) is 7.39. The number of carbonyl (C=O) groups excluding carboxylic acids is 1. The van der Waals surface area contributed by atoms with Gasteiger partial charge < -0.3 is 10.2 Å². The number of rotatable bonds is 3. The van der Waals surface area contributed by atoms with Gasteiger partial charge >= 0.3 is 6.03 Å². The highest BCUT2D eigenvalue weighted by Crippen LogP contribution is 2.28. The lowest BCUT2D eigenvalue weighted by atomic mass is 9.90. The maximum absolute atomic E-state index is 12.5. The van der Waals surface area contributed by atoms with Crippen molar-refractivity contribution in [1.29, 1.82) is 0 Å².